The number of thiazole rings is 1. The summed E-state index contributed by atoms with van der Waals surface area (Å²) < 4.78 is 23.8. The minimum Gasteiger partial charge on any atom is -0.302 e. The standard InChI is InChI=1S/C24H30N4O3S2/c1-3-33(30,31)19-6-4-17(5-7-19)12-22(29)27-23-26-20-14-28(15-21(20)32-23)13-18-8-10-24(2,16-25)11-9-18/h4-7,18H,3,8-15H2,1-2H3,(H,26,27,29)/t18-,24+. The van der Waals surface area contributed by atoms with Crippen molar-refractivity contribution in [2.75, 3.05) is 17.6 Å². The van der Waals surface area contributed by atoms with Gasteiger partial charge >= 0.3 is 0 Å². The quantitative estimate of drug-likeness (QED) is 0.630. The molecule has 2 aliphatic rings. The maximum atomic E-state index is 12.5. The summed E-state index contributed by atoms with van der Waals surface area (Å²) in [5.74, 6) is 0.534. The molecule has 9 heteroatoms. The third kappa shape index (κ3) is 5.62. The minimum atomic E-state index is -3.24. The molecule has 2 heterocycles. The molecule has 0 bridgehead atoms. The Morgan fingerprint density at radius 3 is 2.58 bits per heavy atom. The number of aromatic nitrogens is 1. The number of hydrogen-bond donors (Lipinski definition) is 1. The Morgan fingerprint density at radius 2 is 1.97 bits per heavy atom. The van der Waals surface area contributed by atoms with Crippen LogP contribution in [0.15, 0.2) is 29.2 Å². The molecule has 0 spiro atoms. The summed E-state index contributed by atoms with van der Waals surface area (Å²) in [6.07, 6.45) is 4.35. The number of anilines is 1. The first kappa shape index (κ1) is 23.9. The molecule has 33 heavy (non-hydrogen) atoms. The van der Waals surface area contributed by atoms with Crippen molar-refractivity contribution in [1.82, 2.24) is 9.88 Å². The molecule has 1 fully saturated rings. The summed E-state index contributed by atoms with van der Waals surface area (Å²) in [7, 11) is -3.24. The van der Waals surface area contributed by atoms with E-state index in [-0.39, 0.29) is 28.4 Å². The van der Waals surface area contributed by atoms with Crippen molar-refractivity contribution in [3.63, 3.8) is 0 Å². The van der Waals surface area contributed by atoms with Gasteiger partial charge in [0.15, 0.2) is 15.0 Å². The number of nitriles is 1. The van der Waals surface area contributed by atoms with Gasteiger partial charge in [-0.05, 0) is 56.2 Å². The third-order valence-electron chi connectivity index (χ3n) is 6.79. The molecule has 7 nitrogen and oxygen atoms in total. The molecule has 1 aliphatic carbocycles. The lowest BCUT2D eigenvalue weighted by molar-refractivity contribution is -0.115. The van der Waals surface area contributed by atoms with Crippen molar-refractivity contribution in [2.24, 2.45) is 11.3 Å². The molecule has 1 saturated carbocycles. The molecule has 0 saturated heterocycles. The number of sulfone groups is 1. The Hall–Kier alpha value is -2.28. The Kier molecular flexibility index (Phi) is 6.89. The first-order valence-corrected chi connectivity index (χ1v) is 13.9. The van der Waals surface area contributed by atoms with Crippen molar-refractivity contribution >= 4 is 32.2 Å². The van der Waals surface area contributed by atoms with Crippen LogP contribution in [0.4, 0.5) is 5.13 Å². The van der Waals surface area contributed by atoms with Crippen molar-refractivity contribution in [3.8, 4) is 6.07 Å². The van der Waals surface area contributed by atoms with E-state index in [4.69, 9.17) is 0 Å². The van der Waals surface area contributed by atoms with E-state index in [1.54, 1.807) is 31.2 Å². The molecule has 1 amide bonds. The summed E-state index contributed by atoms with van der Waals surface area (Å²) in [5.41, 5.74) is 1.66. The second kappa shape index (κ2) is 9.53. The molecule has 1 N–H and O–H groups in total. The van der Waals surface area contributed by atoms with Gasteiger partial charge in [0.05, 0.1) is 34.2 Å². The average Bonchev–Trinajstić information content (AvgIpc) is 3.33. The summed E-state index contributed by atoms with van der Waals surface area (Å²) >= 11 is 1.53. The van der Waals surface area contributed by atoms with E-state index in [1.165, 1.54) is 16.2 Å². The monoisotopic (exact) mass is 486 g/mol. The highest BCUT2D eigenvalue weighted by Crippen LogP contribution is 2.39. The normalized spacial score (nSPS) is 23.1. The molecule has 1 aromatic carbocycles. The highest BCUT2D eigenvalue weighted by molar-refractivity contribution is 7.91. The van der Waals surface area contributed by atoms with Crippen molar-refractivity contribution in [1.29, 1.82) is 5.26 Å². The van der Waals surface area contributed by atoms with Gasteiger partial charge in [0.2, 0.25) is 5.91 Å². The molecule has 2 aromatic rings. The van der Waals surface area contributed by atoms with E-state index >= 15 is 0 Å². The Labute approximate surface area is 199 Å². The maximum absolute atomic E-state index is 12.5. The number of nitrogens with one attached hydrogen (secondary N) is 1. The maximum Gasteiger partial charge on any atom is 0.230 e. The van der Waals surface area contributed by atoms with Gasteiger partial charge in [-0.2, -0.15) is 5.26 Å². The fraction of sp³-hybridized carbons (Fsp3) is 0.542. The van der Waals surface area contributed by atoms with Crippen molar-refractivity contribution < 1.29 is 13.2 Å². The minimum absolute atomic E-state index is 0.0558. The predicted molar refractivity (Wildman–Crippen MR) is 128 cm³/mol. The van der Waals surface area contributed by atoms with Gasteiger partial charge in [0, 0.05) is 24.5 Å². The first-order chi connectivity index (χ1) is 15.7. The van der Waals surface area contributed by atoms with Crippen LogP contribution < -0.4 is 5.32 Å². The van der Waals surface area contributed by atoms with E-state index in [1.807, 2.05) is 0 Å². The van der Waals surface area contributed by atoms with Crippen LogP contribution >= 0.6 is 11.3 Å². The number of amides is 1. The summed E-state index contributed by atoms with van der Waals surface area (Å²) in [6, 6.07) is 8.96. The molecule has 1 aromatic heterocycles. The van der Waals surface area contributed by atoms with Crippen LogP contribution in [0.3, 0.4) is 0 Å². The highest BCUT2D eigenvalue weighted by atomic mass is 32.2. The Bertz CT molecular complexity index is 1130. The van der Waals surface area contributed by atoms with Crippen LogP contribution in [0, 0.1) is 22.7 Å². The fourth-order valence-electron chi connectivity index (χ4n) is 4.59. The lowest BCUT2D eigenvalue weighted by Crippen LogP contribution is -2.30. The number of nitrogens with zero attached hydrogens (tertiary/aromatic N) is 3. The van der Waals surface area contributed by atoms with Gasteiger partial charge in [0.25, 0.3) is 0 Å². The highest BCUT2D eigenvalue weighted by Gasteiger charge is 2.33. The van der Waals surface area contributed by atoms with E-state index < -0.39 is 9.84 Å². The predicted octanol–water partition coefficient (Wildman–Crippen LogP) is 4.15. The zero-order valence-electron chi connectivity index (χ0n) is 19.1. The van der Waals surface area contributed by atoms with Crippen LogP contribution in [0.2, 0.25) is 0 Å². The third-order valence-corrected chi connectivity index (χ3v) is 9.54. The molecule has 0 radical (unpaired) electrons. The van der Waals surface area contributed by atoms with Crippen LogP contribution in [0.25, 0.3) is 0 Å². The smallest absolute Gasteiger partial charge is 0.230 e. The zero-order chi connectivity index (χ0) is 23.6. The second-order valence-corrected chi connectivity index (χ2v) is 12.8. The van der Waals surface area contributed by atoms with Crippen LogP contribution in [0.1, 0.15) is 55.7 Å². The fourth-order valence-corrected chi connectivity index (χ4v) is 6.50. The summed E-state index contributed by atoms with van der Waals surface area (Å²) in [4.78, 5) is 21.0. The number of fused-ring (bicyclic) bond motifs is 1. The topological polar surface area (TPSA) is 103 Å². The first-order valence-electron chi connectivity index (χ1n) is 11.4. The number of hydrogen-bond acceptors (Lipinski definition) is 7. The Morgan fingerprint density at radius 1 is 1.27 bits per heavy atom. The SMILES string of the molecule is CCS(=O)(=O)c1ccc(CC(=O)Nc2nc3c(s2)CN(C[C@H]2CC[C@@](C)(C#N)CC2)C3)cc1. The summed E-state index contributed by atoms with van der Waals surface area (Å²) in [5, 5.41) is 12.8. The lowest BCUT2D eigenvalue weighted by atomic mass is 9.72. The van der Waals surface area contributed by atoms with E-state index in [0.717, 1.165) is 56.6 Å². The van der Waals surface area contributed by atoms with E-state index in [2.05, 4.69) is 28.2 Å². The molecular weight excluding hydrogens is 456 g/mol. The molecule has 176 valence electrons. The summed E-state index contributed by atoms with van der Waals surface area (Å²) in [6.45, 7) is 6.39. The number of carbonyl (C=O) groups excluding carboxylic acids is 1. The van der Waals surface area contributed by atoms with Gasteiger partial charge in [-0.25, -0.2) is 13.4 Å². The van der Waals surface area contributed by atoms with Crippen LogP contribution in [-0.2, 0) is 34.1 Å². The largest absolute Gasteiger partial charge is 0.302 e. The molecular formula is C24H30N4O3S2. The zero-order valence-corrected chi connectivity index (χ0v) is 20.8. The van der Waals surface area contributed by atoms with Gasteiger partial charge in [-0.3, -0.25) is 9.69 Å². The number of benzene rings is 1. The van der Waals surface area contributed by atoms with Gasteiger partial charge in [-0.1, -0.05) is 19.1 Å². The Balaban J connectivity index is 1.26. The van der Waals surface area contributed by atoms with Crippen LogP contribution in [0.5, 0.6) is 0 Å². The van der Waals surface area contributed by atoms with Gasteiger partial charge in [0.1, 0.15) is 0 Å². The van der Waals surface area contributed by atoms with Gasteiger partial charge in [-0.15, -0.1) is 11.3 Å². The van der Waals surface area contributed by atoms with Gasteiger partial charge < -0.3 is 5.32 Å². The lowest BCUT2D eigenvalue weighted by Gasteiger charge is -2.33. The van der Waals surface area contributed by atoms with Crippen LogP contribution in [-0.4, -0.2) is 36.5 Å². The molecule has 0 unspecified atom stereocenters. The molecule has 1 aliphatic heterocycles. The van der Waals surface area contributed by atoms with E-state index in [9.17, 15) is 18.5 Å². The second-order valence-electron chi connectivity index (χ2n) is 9.45. The molecule has 4 rings (SSSR count). The number of rotatable bonds is 7. The average molecular weight is 487 g/mol. The number of carbonyl (C=O) groups is 1. The van der Waals surface area contributed by atoms with E-state index in [0.29, 0.717) is 11.0 Å². The van der Waals surface area contributed by atoms with Crippen molar-refractivity contribution in [3.05, 3.63) is 40.4 Å². The molecule has 0 atom stereocenters. The van der Waals surface area contributed by atoms with Crippen molar-refractivity contribution in [2.45, 2.75) is 63.9 Å².